The number of hydrogen-bond acceptors (Lipinski definition) is 3. The number of phenols is 1. The minimum atomic E-state index is -0.280. The maximum Gasteiger partial charge on any atom is 0.117 e. The van der Waals surface area contributed by atoms with Gasteiger partial charge in [0, 0.05) is 17.7 Å². The van der Waals surface area contributed by atoms with Gasteiger partial charge in [-0.25, -0.2) is 0 Å². The lowest BCUT2D eigenvalue weighted by Gasteiger charge is -2.11. The van der Waals surface area contributed by atoms with Gasteiger partial charge in [-0.15, -0.1) is 0 Å². The molecule has 13 heavy (non-hydrogen) atoms. The smallest absolute Gasteiger partial charge is 0.117 e. The van der Waals surface area contributed by atoms with Crippen molar-refractivity contribution in [2.24, 2.45) is 5.73 Å². The number of phenolic OH excluding ortho intramolecular Hbond substituents is 1. The zero-order valence-electron chi connectivity index (χ0n) is 7.07. The molecule has 0 aliphatic heterocycles. The normalized spacial score (nSPS) is 12.8. The molecule has 4 N–H and O–H groups in total. The van der Waals surface area contributed by atoms with Crippen LogP contribution < -0.4 is 5.73 Å². The molecule has 0 aromatic heterocycles. The van der Waals surface area contributed by atoms with E-state index < -0.39 is 0 Å². The third kappa shape index (κ3) is 2.59. The Morgan fingerprint density at radius 2 is 2.15 bits per heavy atom. The first-order valence-corrected chi connectivity index (χ1v) is 4.38. The summed E-state index contributed by atoms with van der Waals surface area (Å²) in [6.45, 7) is 0.0262. The van der Waals surface area contributed by atoms with Crippen LogP contribution in [-0.2, 0) is 0 Å². The summed E-state index contributed by atoms with van der Waals surface area (Å²) in [5, 5.41) is 18.2. The van der Waals surface area contributed by atoms with Crippen molar-refractivity contribution in [1.82, 2.24) is 0 Å². The summed E-state index contributed by atoms with van der Waals surface area (Å²) in [5.41, 5.74) is 6.47. The maximum atomic E-state index is 9.07. The predicted octanol–water partition coefficient (Wildman–Crippen LogP) is 1.43. The summed E-state index contributed by atoms with van der Waals surface area (Å²) >= 11 is 5.84. The number of benzene rings is 1. The van der Waals surface area contributed by atoms with Crippen LogP contribution in [0.3, 0.4) is 0 Å². The Bertz CT molecular complexity index is 291. The van der Waals surface area contributed by atoms with E-state index in [0.717, 1.165) is 5.56 Å². The molecule has 1 rings (SSSR count). The molecule has 1 aromatic carbocycles. The van der Waals surface area contributed by atoms with Crippen LogP contribution in [0.25, 0.3) is 0 Å². The highest BCUT2D eigenvalue weighted by Gasteiger charge is 2.09. The van der Waals surface area contributed by atoms with E-state index >= 15 is 0 Å². The van der Waals surface area contributed by atoms with E-state index in [2.05, 4.69) is 0 Å². The van der Waals surface area contributed by atoms with Gasteiger partial charge in [-0.1, -0.05) is 17.7 Å². The molecule has 0 heterocycles. The number of hydrogen-bond donors (Lipinski definition) is 3. The van der Waals surface area contributed by atoms with E-state index in [1.54, 1.807) is 6.07 Å². The van der Waals surface area contributed by atoms with E-state index in [-0.39, 0.29) is 18.4 Å². The van der Waals surface area contributed by atoms with Gasteiger partial charge in [0.05, 0.1) is 0 Å². The second-order valence-corrected chi connectivity index (χ2v) is 3.23. The van der Waals surface area contributed by atoms with Gasteiger partial charge < -0.3 is 15.9 Å². The van der Waals surface area contributed by atoms with Crippen molar-refractivity contribution < 1.29 is 10.2 Å². The topological polar surface area (TPSA) is 66.5 Å². The highest BCUT2D eigenvalue weighted by atomic mass is 35.5. The van der Waals surface area contributed by atoms with Crippen LogP contribution in [0.2, 0.25) is 5.02 Å². The van der Waals surface area contributed by atoms with E-state index in [0.29, 0.717) is 11.4 Å². The van der Waals surface area contributed by atoms with E-state index in [9.17, 15) is 0 Å². The summed E-state index contributed by atoms with van der Waals surface area (Å²) in [6.07, 6.45) is 0.463. The zero-order chi connectivity index (χ0) is 9.84. The molecule has 1 atom stereocenters. The van der Waals surface area contributed by atoms with Crippen LogP contribution in [0, 0.1) is 0 Å². The highest BCUT2D eigenvalue weighted by molar-refractivity contribution is 6.31. The fourth-order valence-electron chi connectivity index (χ4n) is 1.11. The van der Waals surface area contributed by atoms with Crippen molar-refractivity contribution in [1.29, 1.82) is 0 Å². The first-order valence-electron chi connectivity index (χ1n) is 4.00. The quantitative estimate of drug-likeness (QED) is 0.693. The Balaban J connectivity index is 2.88. The minimum Gasteiger partial charge on any atom is -0.508 e. The second-order valence-electron chi connectivity index (χ2n) is 2.82. The average molecular weight is 202 g/mol. The lowest BCUT2D eigenvalue weighted by molar-refractivity contribution is 0.276. The van der Waals surface area contributed by atoms with Gasteiger partial charge in [0.2, 0.25) is 0 Å². The summed E-state index contributed by atoms with van der Waals surface area (Å²) in [5.74, 6) is 0.116. The van der Waals surface area contributed by atoms with Crippen molar-refractivity contribution in [3.8, 4) is 5.75 Å². The van der Waals surface area contributed by atoms with Gasteiger partial charge >= 0.3 is 0 Å². The van der Waals surface area contributed by atoms with Gasteiger partial charge in [0.15, 0.2) is 0 Å². The molecular formula is C9H12ClNO2. The van der Waals surface area contributed by atoms with Crippen molar-refractivity contribution in [3.05, 3.63) is 28.8 Å². The third-order valence-electron chi connectivity index (χ3n) is 1.82. The molecule has 0 aliphatic carbocycles. The van der Waals surface area contributed by atoms with Crippen LogP contribution in [0.5, 0.6) is 5.75 Å². The molecular weight excluding hydrogens is 190 g/mol. The zero-order valence-corrected chi connectivity index (χ0v) is 7.83. The Hall–Kier alpha value is -0.770. The second kappa shape index (κ2) is 4.46. The first-order chi connectivity index (χ1) is 6.15. The van der Waals surface area contributed by atoms with E-state index in [1.165, 1.54) is 12.1 Å². The number of aliphatic hydroxyl groups excluding tert-OH is 1. The molecule has 1 unspecified atom stereocenters. The molecule has 0 aliphatic rings. The fourth-order valence-corrected chi connectivity index (χ4v) is 1.43. The van der Waals surface area contributed by atoms with Crippen LogP contribution in [-0.4, -0.2) is 16.8 Å². The van der Waals surface area contributed by atoms with Crippen LogP contribution in [0.4, 0.5) is 0 Å². The largest absolute Gasteiger partial charge is 0.508 e. The predicted molar refractivity (Wildman–Crippen MR) is 51.7 cm³/mol. The summed E-state index contributed by atoms with van der Waals surface area (Å²) in [7, 11) is 0. The number of aromatic hydroxyl groups is 1. The average Bonchev–Trinajstić information content (AvgIpc) is 2.04. The molecule has 0 amide bonds. The summed E-state index contributed by atoms with van der Waals surface area (Å²) in [6, 6.07) is 4.35. The van der Waals surface area contributed by atoms with Crippen molar-refractivity contribution in [2.45, 2.75) is 12.5 Å². The van der Waals surface area contributed by atoms with Crippen LogP contribution in [0.15, 0.2) is 18.2 Å². The molecule has 0 fully saturated rings. The molecule has 0 bridgehead atoms. The lowest BCUT2D eigenvalue weighted by Crippen LogP contribution is -2.12. The molecule has 0 saturated carbocycles. The van der Waals surface area contributed by atoms with E-state index in [4.69, 9.17) is 27.5 Å². The molecule has 0 saturated heterocycles. The van der Waals surface area contributed by atoms with Gasteiger partial charge in [-0.3, -0.25) is 0 Å². The third-order valence-corrected chi connectivity index (χ3v) is 2.15. The summed E-state index contributed by atoms with van der Waals surface area (Å²) in [4.78, 5) is 0. The van der Waals surface area contributed by atoms with Gasteiger partial charge in [-0.2, -0.15) is 0 Å². The van der Waals surface area contributed by atoms with Gasteiger partial charge in [0.25, 0.3) is 0 Å². The lowest BCUT2D eigenvalue weighted by atomic mass is 10.1. The minimum absolute atomic E-state index is 0.0262. The van der Waals surface area contributed by atoms with E-state index in [1.807, 2.05) is 0 Å². The Morgan fingerprint density at radius 1 is 1.46 bits per heavy atom. The van der Waals surface area contributed by atoms with Gasteiger partial charge in [0.1, 0.15) is 5.75 Å². The highest BCUT2D eigenvalue weighted by Crippen LogP contribution is 2.26. The van der Waals surface area contributed by atoms with Gasteiger partial charge in [-0.05, 0) is 24.1 Å². The molecule has 72 valence electrons. The molecule has 3 nitrogen and oxygen atoms in total. The molecule has 0 spiro atoms. The summed E-state index contributed by atoms with van der Waals surface area (Å²) < 4.78 is 0. The molecule has 4 heteroatoms. The molecule has 0 radical (unpaired) electrons. The van der Waals surface area contributed by atoms with Crippen LogP contribution in [0.1, 0.15) is 18.0 Å². The Labute approximate surface area is 81.8 Å². The number of halogens is 1. The Kier molecular flexibility index (Phi) is 3.54. The first kappa shape index (κ1) is 10.3. The monoisotopic (exact) mass is 201 g/mol. The van der Waals surface area contributed by atoms with Crippen LogP contribution >= 0.6 is 11.6 Å². The maximum absolute atomic E-state index is 9.07. The SMILES string of the molecule is NC(CCO)c1ccc(O)cc1Cl. The molecule has 1 aromatic rings. The fraction of sp³-hybridized carbons (Fsp3) is 0.333. The van der Waals surface area contributed by atoms with Crippen molar-refractivity contribution in [3.63, 3.8) is 0 Å². The standard InChI is InChI=1S/C9H12ClNO2/c10-8-5-6(13)1-2-7(8)9(11)3-4-12/h1-2,5,9,12-13H,3-4,11H2. The number of nitrogens with two attached hydrogens (primary N) is 1. The number of rotatable bonds is 3. The number of aliphatic hydroxyl groups is 1. The van der Waals surface area contributed by atoms with Crippen molar-refractivity contribution >= 4 is 11.6 Å². The van der Waals surface area contributed by atoms with Crippen molar-refractivity contribution in [2.75, 3.05) is 6.61 Å². The Morgan fingerprint density at radius 3 is 2.69 bits per heavy atom.